The predicted molar refractivity (Wildman–Crippen MR) is 150 cm³/mol. The van der Waals surface area contributed by atoms with Gasteiger partial charge in [-0.1, -0.05) is 0 Å². The quantitative estimate of drug-likeness (QED) is 0.174. The number of hydrogen-bond donors (Lipinski definition) is 6. The van der Waals surface area contributed by atoms with Crippen molar-refractivity contribution in [3.63, 3.8) is 0 Å². The van der Waals surface area contributed by atoms with Gasteiger partial charge < -0.3 is 26.2 Å². The number of carboxylic acid groups (broad SMARTS) is 2. The molecule has 1 fully saturated rings. The number of aliphatic imine (C=N–C) groups is 1. The van der Waals surface area contributed by atoms with Gasteiger partial charge in [-0.25, -0.2) is 28.0 Å². The first kappa shape index (κ1) is 33.0. The molecule has 1 amide bonds. The number of hydrazine groups is 2. The van der Waals surface area contributed by atoms with Crippen molar-refractivity contribution < 1.29 is 56.4 Å². The molecule has 1 saturated heterocycles. The molecule has 4 heterocycles. The van der Waals surface area contributed by atoms with E-state index in [9.17, 15) is 46.5 Å². The number of aromatic hydroxyl groups is 2. The van der Waals surface area contributed by atoms with Gasteiger partial charge in [-0.3, -0.25) is 14.7 Å². The van der Waals surface area contributed by atoms with E-state index in [0.717, 1.165) is 12.1 Å². The Kier molecular flexibility index (Phi) is 9.17. The van der Waals surface area contributed by atoms with Crippen molar-refractivity contribution in [1.82, 2.24) is 20.5 Å². The Balaban J connectivity index is 0.000000566. The highest BCUT2D eigenvalue weighted by molar-refractivity contribution is 8.03. The number of phenols is 2. The Bertz CT molecular complexity index is 1640. The summed E-state index contributed by atoms with van der Waals surface area (Å²) in [6.45, 7) is 1.78. The number of carbonyl (C=O) groups excluding carboxylic acids is 1. The fraction of sp³-hybridized carbons (Fsp3) is 0.304. The molecule has 1 aromatic rings. The number of allylic oxidation sites excluding steroid dienone is 1. The lowest BCUT2D eigenvalue weighted by molar-refractivity contribution is -0.192. The fourth-order valence-electron chi connectivity index (χ4n) is 4.08. The zero-order valence-corrected chi connectivity index (χ0v) is 24.7. The summed E-state index contributed by atoms with van der Waals surface area (Å²) in [5, 5.41) is 39.2. The Labute approximate surface area is 255 Å². The van der Waals surface area contributed by atoms with Gasteiger partial charge in [0, 0.05) is 23.3 Å². The number of carbonyl (C=O) groups is 3. The van der Waals surface area contributed by atoms with Crippen molar-refractivity contribution >= 4 is 56.9 Å². The molecule has 238 valence electrons. The zero-order chi connectivity index (χ0) is 32.7. The van der Waals surface area contributed by atoms with Gasteiger partial charge in [0.05, 0.1) is 16.1 Å². The maximum Gasteiger partial charge on any atom is 0.490 e. The number of benzene rings is 1. The average Bonchev–Trinajstić information content (AvgIpc) is 3.33. The molecule has 1 aromatic carbocycles. The van der Waals surface area contributed by atoms with Crippen LogP contribution in [0.15, 0.2) is 62.5 Å². The van der Waals surface area contributed by atoms with Crippen molar-refractivity contribution in [2.45, 2.75) is 29.4 Å². The zero-order valence-electron chi connectivity index (χ0n) is 22.2. The molecular weight excluding hydrogens is 657 g/mol. The smallest absolute Gasteiger partial charge is 0.490 e. The molecule has 0 saturated carbocycles. The summed E-state index contributed by atoms with van der Waals surface area (Å²) in [7, 11) is -3.89. The number of nitrogens with two attached hydrogens (primary N) is 1. The second kappa shape index (κ2) is 12.2. The molecule has 0 unspecified atom stereocenters. The van der Waals surface area contributed by atoms with Crippen LogP contribution in [0.5, 0.6) is 11.5 Å². The molecule has 21 heteroatoms. The molecule has 5 rings (SSSR count). The van der Waals surface area contributed by atoms with Crippen LogP contribution >= 0.6 is 23.5 Å². The number of nitrogens with one attached hydrogen (secondary N) is 1. The molecule has 0 radical (unpaired) electrons. The number of sulfone groups is 1. The molecule has 0 aromatic heterocycles. The van der Waals surface area contributed by atoms with Crippen LogP contribution in [-0.2, 0) is 24.2 Å². The van der Waals surface area contributed by atoms with Crippen LogP contribution in [0.2, 0.25) is 0 Å². The summed E-state index contributed by atoms with van der Waals surface area (Å²) >= 11 is 2.74. The SMILES string of the molecule is CC1=NC2=CN(CS(=O)(=O)c3ccc(O)c(O)c3)NN2C(SCC2=C(C(=O)O)N3C(=O)[C@@H](N)[C@H]3SC2)=C1.O=C(O)C(F)(F)F. The number of alkyl halides is 3. The minimum absolute atomic E-state index is 0.0419. The number of carboxylic acids is 2. The molecule has 44 heavy (non-hydrogen) atoms. The fourth-order valence-corrected chi connectivity index (χ4v) is 7.80. The van der Waals surface area contributed by atoms with Crippen molar-refractivity contribution in [3.8, 4) is 11.5 Å². The van der Waals surface area contributed by atoms with Crippen LogP contribution in [0.4, 0.5) is 13.2 Å². The number of hydrogen-bond acceptors (Lipinski definition) is 14. The molecule has 4 aliphatic heterocycles. The van der Waals surface area contributed by atoms with Crippen molar-refractivity contribution in [1.29, 1.82) is 0 Å². The summed E-state index contributed by atoms with van der Waals surface area (Å²) in [5.41, 5.74) is 9.95. The van der Waals surface area contributed by atoms with Crippen molar-refractivity contribution in [3.05, 3.63) is 52.6 Å². The van der Waals surface area contributed by atoms with Crippen molar-refractivity contribution in [2.75, 3.05) is 17.4 Å². The van der Waals surface area contributed by atoms with E-state index in [1.165, 1.54) is 45.7 Å². The number of amides is 1. The molecule has 15 nitrogen and oxygen atoms in total. The minimum atomic E-state index is -5.08. The van der Waals surface area contributed by atoms with Crippen molar-refractivity contribution in [2.24, 2.45) is 10.7 Å². The lowest BCUT2D eigenvalue weighted by atomic mass is 10.0. The largest absolute Gasteiger partial charge is 0.504 e. The molecule has 4 aliphatic rings. The maximum absolute atomic E-state index is 12.9. The summed E-state index contributed by atoms with van der Waals surface area (Å²) in [6.07, 6.45) is -1.80. The summed E-state index contributed by atoms with van der Waals surface area (Å²) < 4.78 is 57.5. The van der Waals surface area contributed by atoms with Crippen LogP contribution in [-0.4, -0.2) is 102 Å². The molecule has 7 N–H and O–H groups in total. The predicted octanol–water partition coefficient (Wildman–Crippen LogP) is 0.929. The summed E-state index contributed by atoms with van der Waals surface area (Å²) in [6, 6.07) is 2.56. The van der Waals surface area contributed by atoms with E-state index in [-0.39, 0.29) is 21.7 Å². The standard InChI is InChI=1S/C21H22N6O7S3.C2HF3O2/c1-10-4-16(35-7-11-8-36-20-17(22)19(30)26(20)18(11)21(31)32)27-15(23-10)6-25(24-27)9-37(33,34)12-2-3-13(28)14(29)5-12;3-2(4,5)1(6)7/h2-6,17,20,24,28-29H,7-9,22H2,1H3,(H,31,32);(H,6,7)/t17-,20-;/m1./s1. The van der Waals surface area contributed by atoms with Crippen LogP contribution in [0.3, 0.4) is 0 Å². The first-order chi connectivity index (χ1) is 20.4. The third kappa shape index (κ3) is 6.75. The number of phenolic OH excluding ortho intramolecular Hbond substituents is 2. The van der Waals surface area contributed by atoms with E-state index in [1.54, 1.807) is 18.0 Å². The topological polar surface area (TPSA) is 226 Å². The lowest BCUT2D eigenvalue weighted by Gasteiger charge is -2.48. The number of β-lactam (4-membered cyclic amide) rings is 1. The Hall–Kier alpha value is -3.92. The van der Waals surface area contributed by atoms with E-state index in [2.05, 4.69) is 10.5 Å². The van der Waals surface area contributed by atoms with Gasteiger partial charge in [0.25, 0.3) is 0 Å². The highest BCUT2D eigenvalue weighted by Crippen LogP contribution is 2.41. The van der Waals surface area contributed by atoms with E-state index < -0.39 is 57.3 Å². The van der Waals surface area contributed by atoms with Gasteiger partial charge >= 0.3 is 18.1 Å². The average molecular weight is 681 g/mol. The highest BCUT2D eigenvalue weighted by Gasteiger charge is 2.51. The molecule has 0 bridgehead atoms. The van der Waals surface area contributed by atoms with E-state index >= 15 is 0 Å². The number of fused-ring (bicyclic) bond motifs is 2. The molecule has 0 spiro atoms. The van der Waals surface area contributed by atoms with Gasteiger partial charge in [-0.15, -0.1) is 29.1 Å². The Morgan fingerprint density at radius 1 is 1.23 bits per heavy atom. The van der Waals surface area contributed by atoms with Gasteiger partial charge in [0.2, 0.25) is 5.91 Å². The second-order valence-corrected chi connectivity index (χ2v) is 13.4. The van der Waals surface area contributed by atoms with Crippen LogP contribution in [0, 0.1) is 0 Å². The third-order valence-corrected chi connectivity index (χ3v) is 10.2. The van der Waals surface area contributed by atoms with Crippen LogP contribution in [0.25, 0.3) is 0 Å². The Morgan fingerprint density at radius 2 is 1.89 bits per heavy atom. The van der Waals surface area contributed by atoms with Crippen LogP contribution < -0.4 is 11.3 Å². The first-order valence-electron chi connectivity index (χ1n) is 12.1. The number of rotatable bonds is 7. The lowest BCUT2D eigenvalue weighted by Crippen LogP contribution is -2.68. The van der Waals surface area contributed by atoms with E-state index in [0.29, 0.717) is 27.9 Å². The number of thioether (sulfide) groups is 2. The molecule has 0 aliphatic carbocycles. The van der Waals surface area contributed by atoms with Gasteiger partial charge in [0.1, 0.15) is 23.0 Å². The molecule has 2 atom stereocenters. The number of aliphatic carboxylic acids is 2. The maximum atomic E-state index is 12.9. The van der Waals surface area contributed by atoms with Gasteiger partial charge in [-0.2, -0.15) is 13.2 Å². The van der Waals surface area contributed by atoms with Gasteiger partial charge in [-0.05, 0) is 30.7 Å². The van der Waals surface area contributed by atoms with Crippen LogP contribution in [0.1, 0.15) is 6.92 Å². The number of nitrogens with zero attached hydrogens (tertiary/aromatic N) is 4. The second-order valence-electron chi connectivity index (χ2n) is 9.31. The normalized spacial score (nSPS) is 21.3. The first-order valence-corrected chi connectivity index (χ1v) is 15.7. The summed E-state index contributed by atoms with van der Waals surface area (Å²) in [4.78, 5) is 38.5. The minimum Gasteiger partial charge on any atom is -0.504 e. The Morgan fingerprint density at radius 3 is 2.48 bits per heavy atom. The van der Waals surface area contributed by atoms with Gasteiger partial charge in [0.15, 0.2) is 27.2 Å². The number of halogens is 3. The third-order valence-electron chi connectivity index (χ3n) is 6.12. The molecular formula is C23H23F3N6O9S3. The van der Waals surface area contributed by atoms with E-state index in [1.807, 2.05) is 0 Å². The van der Waals surface area contributed by atoms with E-state index in [4.69, 9.17) is 15.6 Å². The highest BCUT2D eigenvalue weighted by atomic mass is 32.2. The monoisotopic (exact) mass is 680 g/mol. The summed E-state index contributed by atoms with van der Waals surface area (Å²) in [5.74, 6) is -4.70.